The third-order valence-corrected chi connectivity index (χ3v) is 5.16. The molecule has 1 aromatic carbocycles. The van der Waals surface area contributed by atoms with Crippen molar-refractivity contribution >= 4 is 11.9 Å². The van der Waals surface area contributed by atoms with Gasteiger partial charge in [-0.3, -0.25) is 4.90 Å². The fourth-order valence-electron chi connectivity index (χ4n) is 4.20. The maximum Gasteiger partial charge on any atom is 0.194 e. The molecule has 1 aliphatic carbocycles. The number of aliphatic imine (C=N–C) groups is 1. The summed E-state index contributed by atoms with van der Waals surface area (Å²) in [5.41, 5.74) is 5.86. The highest BCUT2D eigenvalue weighted by Crippen LogP contribution is 2.46. The van der Waals surface area contributed by atoms with E-state index in [0.29, 0.717) is 0 Å². The van der Waals surface area contributed by atoms with Gasteiger partial charge in [-0.1, -0.05) is 12.6 Å². The Labute approximate surface area is 124 Å². The first-order chi connectivity index (χ1) is 10.2. The summed E-state index contributed by atoms with van der Waals surface area (Å²) in [4.78, 5) is 5.81. The molecule has 0 aromatic heterocycles. The van der Waals surface area contributed by atoms with Crippen molar-refractivity contribution in [3.8, 4) is 6.07 Å². The standard InChI is InChI=1S/C18H17N3/c1-13-9-18(17-6-5-14(10-19)8-16(13)17)7-3-2-4-15-11-20-12-21(15)18/h5-6,8,11-12H,1-4,7,9H2/p+1. The molecular formula is C18H18N3+. The van der Waals surface area contributed by atoms with Crippen LogP contribution >= 0.6 is 0 Å². The summed E-state index contributed by atoms with van der Waals surface area (Å²) < 4.78 is 0. The largest absolute Gasteiger partial charge is 0.253 e. The second-order valence-corrected chi connectivity index (χ2v) is 6.29. The lowest BCUT2D eigenvalue weighted by atomic mass is 9.85. The van der Waals surface area contributed by atoms with Crippen molar-refractivity contribution in [3.05, 3.63) is 53.4 Å². The average molecular weight is 276 g/mol. The van der Waals surface area contributed by atoms with E-state index < -0.39 is 0 Å². The number of benzene rings is 1. The highest BCUT2D eigenvalue weighted by molar-refractivity contribution is 5.75. The van der Waals surface area contributed by atoms with Crippen LogP contribution in [0.3, 0.4) is 0 Å². The normalized spacial score (nSPS) is 29.8. The topological polar surface area (TPSA) is 40.6 Å². The quantitative estimate of drug-likeness (QED) is 0.777. The molecule has 1 N–H and O–H groups in total. The average Bonchev–Trinajstić information content (AvgIpc) is 3.03. The molecule has 2 heterocycles. The van der Waals surface area contributed by atoms with E-state index in [4.69, 9.17) is 5.26 Å². The maximum absolute atomic E-state index is 9.14. The maximum atomic E-state index is 9.14. The molecule has 104 valence electrons. The molecule has 2 aliphatic heterocycles. The molecule has 1 spiro atoms. The van der Waals surface area contributed by atoms with E-state index in [1.165, 1.54) is 34.6 Å². The van der Waals surface area contributed by atoms with Crippen molar-refractivity contribution in [1.82, 2.24) is 0 Å². The molecule has 1 saturated heterocycles. The Balaban J connectivity index is 1.90. The number of hydrogen-bond donors (Lipinski definition) is 1. The minimum atomic E-state index is 0.0444. The van der Waals surface area contributed by atoms with Gasteiger partial charge in [-0.05, 0) is 36.1 Å². The molecule has 0 amide bonds. The number of nitriles is 1. The number of nitrogens with one attached hydrogen (secondary N) is 1. The van der Waals surface area contributed by atoms with E-state index in [-0.39, 0.29) is 5.54 Å². The lowest BCUT2D eigenvalue weighted by Gasteiger charge is -2.33. The zero-order valence-electron chi connectivity index (χ0n) is 12.0. The molecule has 3 aliphatic rings. The van der Waals surface area contributed by atoms with Crippen LogP contribution < -0.4 is 4.90 Å². The van der Waals surface area contributed by atoms with Gasteiger partial charge in [0.05, 0.1) is 17.8 Å². The fourth-order valence-corrected chi connectivity index (χ4v) is 4.20. The van der Waals surface area contributed by atoms with E-state index in [2.05, 4.69) is 30.0 Å². The predicted octanol–water partition coefficient (Wildman–Crippen LogP) is 2.51. The molecule has 0 radical (unpaired) electrons. The predicted molar refractivity (Wildman–Crippen MR) is 82.5 cm³/mol. The molecule has 21 heavy (non-hydrogen) atoms. The molecular weight excluding hydrogens is 258 g/mol. The lowest BCUT2D eigenvalue weighted by Crippen LogP contribution is -3.15. The third kappa shape index (κ3) is 1.66. The number of allylic oxidation sites excluding steroid dienone is 1. The monoisotopic (exact) mass is 276 g/mol. The van der Waals surface area contributed by atoms with Gasteiger partial charge in [-0.2, -0.15) is 5.26 Å². The van der Waals surface area contributed by atoms with Crippen LogP contribution in [-0.2, 0) is 5.54 Å². The van der Waals surface area contributed by atoms with Gasteiger partial charge in [0.1, 0.15) is 11.2 Å². The van der Waals surface area contributed by atoms with Gasteiger partial charge < -0.3 is 0 Å². The summed E-state index contributed by atoms with van der Waals surface area (Å²) in [6, 6.07) is 8.34. The van der Waals surface area contributed by atoms with Gasteiger partial charge in [-0.25, -0.2) is 4.99 Å². The second-order valence-electron chi connectivity index (χ2n) is 6.29. The Kier molecular flexibility index (Phi) is 2.63. The molecule has 4 rings (SSSR count). The smallest absolute Gasteiger partial charge is 0.194 e. The Bertz CT molecular complexity index is 735. The Morgan fingerprint density at radius 3 is 3.10 bits per heavy atom. The number of quaternary nitrogens is 1. The van der Waals surface area contributed by atoms with Crippen molar-refractivity contribution in [3.63, 3.8) is 0 Å². The van der Waals surface area contributed by atoms with Crippen molar-refractivity contribution < 1.29 is 4.90 Å². The first-order valence-corrected chi connectivity index (χ1v) is 7.57. The van der Waals surface area contributed by atoms with E-state index in [1.54, 1.807) is 0 Å². The lowest BCUT2D eigenvalue weighted by molar-refractivity contribution is -0.827. The Morgan fingerprint density at radius 1 is 1.33 bits per heavy atom. The zero-order valence-corrected chi connectivity index (χ0v) is 12.0. The summed E-state index contributed by atoms with van der Waals surface area (Å²) in [7, 11) is 0. The van der Waals surface area contributed by atoms with Crippen molar-refractivity contribution in [2.24, 2.45) is 4.99 Å². The van der Waals surface area contributed by atoms with Gasteiger partial charge in [0.2, 0.25) is 0 Å². The summed E-state index contributed by atoms with van der Waals surface area (Å²) in [6.07, 6.45) is 9.82. The molecule has 1 fully saturated rings. The highest BCUT2D eigenvalue weighted by atomic mass is 15.3. The van der Waals surface area contributed by atoms with Crippen LogP contribution in [-0.4, -0.2) is 6.34 Å². The summed E-state index contributed by atoms with van der Waals surface area (Å²) in [6.45, 7) is 4.28. The fraction of sp³-hybridized carbons (Fsp3) is 0.333. The zero-order chi connectivity index (χ0) is 14.4. The minimum Gasteiger partial charge on any atom is -0.253 e. The van der Waals surface area contributed by atoms with Crippen molar-refractivity contribution in [1.29, 1.82) is 5.26 Å². The molecule has 3 heteroatoms. The van der Waals surface area contributed by atoms with E-state index >= 15 is 0 Å². The van der Waals surface area contributed by atoms with Gasteiger partial charge >= 0.3 is 0 Å². The van der Waals surface area contributed by atoms with Crippen LogP contribution in [0.4, 0.5) is 0 Å². The first kappa shape index (κ1) is 12.6. The van der Waals surface area contributed by atoms with Crippen LogP contribution in [0.1, 0.15) is 48.8 Å². The summed E-state index contributed by atoms with van der Waals surface area (Å²) in [5.74, 6) is 0. The van der Waals surface area contributed by atoms with Gasteiger partial charge in [0.15, 0.2) is 6.34 Å². The Morgan fingerprint density at radius 2 is 2.24 bits per heavy atom. The van der Waals surface area contributed by atoms with E-state index in [0.717, 1.165) is 30.4 Å². The van der Waals surface area contributed by atoms with Crippen LogP contribution in [0, 0.1) is 11.3 Å². The minimum absolute atomic E-state index is 0.0444. The number of hydrogen-bond acceptors (Lipinski definition) is 2. The van der Waals surface area contributed by atoms with Crippen LogP contribution in [0.15, 0.2) is 41.7 Å². The van der Waals surface area contributed by atoms with Crippen LogP contribution in [0.25, 0.3) is 5.57 Å². The third-order valence-electron chi connectivity index (χ3n) is 5.16. The highest BCUT2D eigenvalue weighted by Gasteiger charge is 2.51. The molecule has 2 atom stereocenters. The first-order valence-electron chi connectivity index (χ1n) is 7.57. The molecule has 3 nitrogen and oxygen atoms in total. The summed E-state index contributed by atoms with van der Waals surface area (Å²) in [5, 5.41) is 9.14. The van der Waals surface area contributed by atoms with Gasteiger partial charge in [-0.15, -0.1) is 0 Å². The summed E-state index contributed by atoms with van der Waals surface area (Å²) >= 11 is 0. The van der Waals surface area contributed by atoms with E-state index in [1.807, 2.05) is 18.3 Å². The Hall–Kier alpha value is -2.18. The van der Waals surface area contributed by atoms with Crippen LogP contribution in [0.5, 0.6) is 0 Å². The molecule has 2 unspecified atom stereocenters. The second kappa shape index (κ2) is 4.41. The van der Waals surface area contributed by atoms with Crippen LogP contribution in [0.2, 0.25) is 0 Å². The van der Waals surface area contributed by atoms with Crippen molar-refractivity contribution in [2.45, 2.75) is 37.6 Å². The molecule has 0 bridgehead atoms. The van der Waals surface area contributed by atoms with Gasteiger partial charge in [0.25, 0.3) is 0 Å². The van der Waals surface area contributed by atoms with E-state index in [9.17, 15) is 0 Å². The van der Waals surface area contributed by atoms with Crippen molar-refractivity contribution in [2.75, 3.05) is 0 Å². The number of nitrogens with zero attached hydrogens (tertiary/aromatic N) is 2. The molecule has 0 saturated carbocycles. The number of rotatable bonds is 0. The van der Waals surface area contributed by atoms with Gasteiger partial charge in [0, 0.05) is 24.8 Å². The number of fused-ring (bicyclic) bond motifs is 4. The molecule has 1 aromatic rings. The SMILES string of the molecule is C=C1CC2(CCCCC3=CN=C[NH+]32)c2ccc(C#N)cc21.